The molecule has 514 valence electrons. The first-order valence-corrected chi connectivity index (χ1v) is 36.8. The first kappa shape index (κ1) is 63.3. The number of para-hydroxylation sites is 1. The summed E-state index contributed by atoms with van der Waals surface area (Å²) < 4.78 is 8.94. The third kappa shape index (κ3) is 11.3. The fourth-order valence-corrected chi connectivity index (χ4v) is 15.6. The van der Waals surface area contributed by atoms with Gasteiger partial charge >= 0.3 is 0 Å². The molecule has 0 aliphatic rings. The number of rotatable bonds is 14. The third-order valence-electron chi connectivity index (χ3n) is 21.0. The number of pyridine rings is 2. The molecule has 0 aliphatic heterocycles. The largest absolute Gasteiger partial charge is 0.309 e. The summed E-state index contributed by atoms with van der Waals surface area (Å²) in [4.78, 5) is 41.4. The van der Waals surface area contributed by atoms with Gasteiger partial charge in [-0.3, -0.25) is 0 Å². The summed E-state index contributed by atoms with van der Waals surface area (Å²) >= 11 is 0. The minimum atomic E-state index is 0.565. The topological polar surface area (TPSA) is 122 Å². The Morgan fingerprint density at radius 3 is 1.22 bits per heavy atom. The van der Waals surface area contributed by atoms with Gasteiger partial charge in [-0.25, -0.2) is 39.9 Å². The van der Waals surface area contributed by atoms with Gasteiger partial charge in [0, 0.05) is 102 Å². The first-order valence-electron chi connectivity index (χ1n) is 36.8. The Bertz CT molecular complexity index is 7020. The summed E-state index contributed by atoms with van der Waals surface area (Å²) in [5, 5.41) is 4.54. The van der Waals surface area contributed by atoms with E-state index in [0.717, 1.165) is 156 Å². The maximum absolute atomic E-state index is 5.35. The van der Waals surface area contributed by atoms with Gasteiger partial charge in [-0.2, -0.15) is 0 Å². The van der Waals surface area contributed by atoms with Gasteiger partial charge in [-0.05, 0) is 148 Å². The van der Waals surface area contributed by atoms with E-state index in [4.69, 9.17) is 39.9 Å². The number of aromatic nitrogens is 12. The van der Waals surface area contributed by atoms with Crippen LogP contribution in [0.2, 0.25) is 0 Å². The van der Waals surface area contributed by atoms with E-state index in [0.29, 0.717) is 34.9 Å². The zero-order valence-corrected chi connectivity index (χ0v) is 59.2. The lowest BCUT2D eigenvalue weighted by Gasteiger charge is -2.17. The Hall–Kier alpha value is -15.1. The van der Waals surface area contributed by atoms with Crippen LogP contribution in [0, 0.1) is 0 Å². The smallest absolute Gasteiger partial charge is 0.164 e. The summed E-state index contributed by atoms with van der Waals surface area (Å²) in [5.74, 6) is 3.50. The van der Waals surface area contributed by atoms with Crippen LogP contribution in [-0.4, -0.2) is 57.8 Å². The minimum absolute atomic E-state index is 0.565. The Labute approximate surface area is 632 Å². The second-order valence-electron chi connectivity index (χ2n) is 27.6. The van der Waals surface area contributed by atoms with Crippen LogP contribution in [-0.2, 0) is 0 Å². The summed E-state index contributed by atoms with van der Waals surface area (Å²) in [7, 11) is 0. The van der Waals surface area contributed by atoms with Gasteiger partial charge < -0.3 is 17.9 Å². The van der Waals surface area contributed by atoms with Gasteiger partial charge in [-0.15, -0.1) is 0 Å². The van der Waals surface area contributed by atoms with Crippen LogP contribution >= 0.6 is 0 Å². The van der Waals surface area contributed by atoms with Crippen LogP contribution in [0.25, 0.3) is 202 Å². The Morgan fingerprint density at radius 1 is 0.191 bits per heavy atom. The summed E-state index contributed by atoms with van der Waals surface area (Å²) in [6.07, 6.45) is 8.28. The maximum Gasteiger partial charge on any atom is 0.164 e. The van der Waals surface area contributed by atoms with Gasteiger partial charge in [0.1, 0.15) is 11.3 Å². The van der Waals surface area contributed by atoms with Crippen LogP contribution in [0.5, 0.6) is 0 Å². The van der Waals surface area contributed by atoms with Crippen LogP contribution < -0.4 is 0 Å². The molecule has 0 saturated carbocycles. The maximum atomic E-state index is 5.35. The highest BCUT2D eigenvalue weighted by Gasteiger charge is 2.24. The lowest BCUT2D eigenvalue weighted by atomic mass is 9.97. The average molecular weight is 1410 g/mol. The van der Waals surface area contributed by atoms with E-state index >= 15 is 0 Å². The molecule has 0 amide bonds. The highest BCUT2D eigenvalue weighted by atomic mass is 15.1. The van der Waals surface area contributed by atoms with E-state index in [9.17, 15) is 0 Å². The predicted octanol–water partition coefficient (Wildman–Crippen LogP) is 23.6. The molecule has 0 aliphatic carbocycles. The van der Waals surface area contributed by atoms with Crippen molar-refractivity contribution in [3.05, 3.63) is 377 Å². The molecule has 8 heterocycles. The average Bonchev–Trinajstić information content (AvgIpc) is 1.59. The van der Waals surface area contributed by atoms with Gasteiger partial charge in [0.25, 0.3) is 0 Å². The van der Waals surface area contributed by atoms with Gasteiger partial charge in [-0.1, -0.05) is 243 Å². The fourth-order valence-electron chi connectivity index (χ4n) is 15.6. The quantitative estimate of drug-likeness (QED) is 0.106. The Morgan fingerprint density at radius 2 is 0.591 bits per heavy atom. The molecule has 12 heteroatoms. The van der Waals surface area contributed by atoms with Crippen molar-refractivity contribution in [1.29, 1.82) is 0 Å². The minimum Gasteiger partial charge on any atom is -0.309 e. The molecule has 0 radical (unpaired) electrons. The van der Waals surface area contributed by atoms with E-state index in [2.05, 4.69) is 267 Å². The molecule has 13 aromatic carbocycles. The van der Waals surface area contributed by atoms with Crippen LogP contribution in [0.4, 0.5) is 0 Å². The van der Waals surface area contributed by atoms with Crippen molar-refractivity contribution in [3.8, 4) is 147 Å². The van der Waals surface area contributed by atoms with Crippen LogP contribution in [0.1, 0.15) is 0 Å². The zero-order valence-electron chi connectivity index (χ0n) is 59.2. The molecule has 110 heavy (non-hydrogen) atoms. The molecule has 0 atom stereocenters. The molecule has 0 N–H and O–H groups in total. The van der Waals surface area contributed by atoms with Crippen molar-refractivity contribution in [2.24, 2.45) is 0 Å². The van der Waals surface area contributed by atoms with Gasteiger partial charge in [0.05, 0.1) is 39.1 Å². The molecule has 8 aromatic heterocycles. The molecule has 0 fully saturated rings. The standard InChI is InChI=1S/C98H62N12/c1-5-23-63(24-6-1)82-58-75(98-104-93(64-25-7-2-8-26-64)101-94(105-98)65-27-9-3-10-28-65)46-52-87(82)110-88-51-45-70(57-83(88)81-49-43-71(59-90(81)110)68-31-21-33-73(55-68)84-61-107-53-19-17-39-91(107)99-84)69-32-22-34-74(56-69)97-103-95(66-29-11-4-12-30-66)102-96(106-97)67-41-47-76(48-42-67)109-86-38-16-15-37-79(86)80-50-44-72(60-89(80)109)77-35-13-14-36-78(77)85-62-108-54-20-18-40-92(108)100-85/h1-62H. The third-order valence-corrected chi connectivity index (χ3v) is 21.0. The lowest BCUT2D eigenvalue weighted by molar-refractivity contribution is 1.07. The van der Waals surface area contributed by atoms with E-state index in [-0.39, 0.29) is 0 Å². The zero-order chi connectivity index (χ0) is 72.6. The summed E-state index contributed by atoms with van der Waals surface area (Å²) in [6.45, 7) is 0. The van der Waals surface area contributed by atoms with Crippen molar-refractivity contribution in [2.45, 2.75) is 0 Å². The Kier molecular flexibility index (Phi) is 15.2. The van der Waals surface area contributed by atoms with Gasteiger partial charge in [0.2, 0.25) is 0 Å². The number of benzene rings is 13. The molecule has 0 bridgehead atoms. The monoisotopic (exact) mass is 1410 g/mol. The van der Waals surface area contributed by atoms with Crippen molar-refractivity contribution in [3.63, 3.8) is 0 Å². The molecule has 21 aromatic rings. The second kappa shape index (κ2) is 26.5. The number of hydrogen-bond donors (Lipinski definition) is 0. The van der Waals surface area contributed by atoms with E-state index in [1.807, 2.05) is 128 Å². The molecule has 0 spiro atoms. The number of nitrogens with zero attached hydrogens (tertiary/aromatic N) is 12. The fraction of sp³-hybridized carbons (Fsp3) is 0. The molecule has 21 rings (SSSR count). The molecule has 0 unspecified atom stereocenters. The highest BCUT2D eigenvalue weighted by molar-refractivity contribution is 6.13. The van der Waals surface area contributed by atoms with Crippen molar-refractivity contribution < 1.29 is 0 Å². The highest BCUT2D eigenvalue weighted by Crippen LogP contribution is 2.44. The van der Waals surface area contributed by atoms with Crippen molar-refractivity contribution in [2.75, 3.05) is 0 Å². The van der Waals surface area contributed by atoms with Crippen LogP contribution in [0.15, 0.2) is 377 Å². The van der Waals surface area contributed by atoms with E-state index in [1.165, 1.54) is 10.8 Å². The Balaban J connectivity index is 0.680. The number of hydrogen-bond acceptors (Lipinski definition) is 8. The van der Waals surface area contributed by atoms with E-state index in [1.54, 1.807) is 0 Å². The lowest BCUT2D eigenvalue weighted by Crippen LogP contribution is -2.02. The van der Waals surface area contributed by atoms with Crippen LogP contribution in [0.3, 0.4) is 0 Å². The first-order chi connectivity index (χ1) is 54.5. The summed E-state index contributed by atoms with van der Waals surface area (Å²) in [5.41, 5.74) is 25.9. The van der Waals surface area contributed by atoms with Crippen molar-refractivity contribution >= 4 is 54.9 Å². The number of fused-ring (bicyclic) bond motifs is 8. The second-order valence-corrected chi connectivity index (χ2v) is 27.6. The predicted molar refractivity (Wildman–Crippen MR) is 445 cm³/mol. The molecular formula is C98H62N12. The SMILES string of the molecule is c1ccc(-c2nc(-c3ccc(-n4c5ccccc5c5ccc(-c6ccccc6-c6cn7ccccc7n6)cc54)cc3)nc(-c3cccc(-c4ccc5c(c4)c4ccc(-c6cccc(-c7cn8ccccc8n7)c6)cc4n5-c4ccc(-c5nc(-c6ccccc6)nc(-c6ccccc6)n5)cc4-c4ccccc4)c3)n2)cc1. The van der Waals surface area contributed by atoms with Crippen molar-refractivity contribution in [1.82, 2.24) is 57.8 Å². The molecule has 12 nitrogen and oxygen atoms in total. The van der Waals surface area contributed by atoms with Gasteiger partial charge in [0.15, 0.2) is 34.9 Å². The molecule has 0 saturated heterocycles. The van der Waals surface area contributed by atoms with E-state index < -0.39 is 0 Å². The normalized spacial score (nSPS) is 11.6. The molecular weight excluding hydrogens is 1350 g/mol. The number of imidazole rings is 2. The summed E-state index contributed by atoms with van der Waals surface area (Å²) in [6, 6.07) is 124.